The van der Waals surface area contributed by atoms with Crippen LogP contribution in [0.3, 0.4) is 0 Å². The summed E-state index contributed by atoms with van der Waals surface area (Å²) in [4.78, 5) is 26.4. The Balaban J connectivity index is 1.43. The first-order chi connectivity index (χ1) is 13.2. The van der Waals surface area contributed by atoms with Gasteiger partial charge in [-0.2, -0.15) is 0 Å². The molecule has 1 fully saturated rings. The van der Waals surface area contributed by atoms with E-state index in [0.717, 1.165) is 35.3 Å². The maximum absolute atomic E-state index is 11.9. The number of nitrogens with zero attached hydrogens (tertiary/aromatic N) is 5. The van der Waals surface area contributed by atoms with Crippen molar-refractivity contribution in [2.75, 3.05) is 26.8 Å². The Morgan fingerprint density at radius 1 is 1.22 bits per heavy atom. The van der Waals surface area contributed by atoms with Crippen molar-refractivity contribution in [3.63, 3.8) is 0 Å². The fourth-order valence-electron chi connectivity index (χ4n) is 3.32. The smallest absolute Gasteiger partial charge is 0.248 e. The Kier molecular flexibility index (Phi) is 4.97. The van der Waals surface area contributed by atoms with E-state index in [1.165, 1.54) is 13.4 Å². The van der Waals surface area contributed by atoms with Crippen LogP contribution in [0.5, 0.6) is 5.75 Å². The van der Waals surface area contributed by atoms with Gasteiger partial charge in [-0.1, -0.05) is 0 Å². The minimum atomic E-state index is 0.0327. The van der Waals surface area contributed by atoms with Crippen molar-refractivity contribution >= 4 is 16.9 Å². The fraction of sp³-hybridized carbons (Fsp3) is 0.368. The van der Waals surface area contributed by atoms with Crippen molar-refractivity contribution in [2.24, 2.45) is 0 Å². The maximum atomic E-state index is 11.9. The summed E-state index contributed by atoms with van der Waals surface area (Å²) in [6.07, 6.45) is 10.4. The number of carbonyl (C=O) groups is 1. The van der Waals surface area contributed by atoms with Crippen LogP contribution in [0, 0.1) is 0 Å². The van der Waals surface area contributed by atoms with Gasteiger partial charge in [0.2, 0.25) is 5.91 Å². The Morgan fingerprint density at radius 3 is 2.74 bits per heavy atom. The highest BCUT2D eigenvalue weighted by molar-refractivity contribution is 5.79. The third-order valence-electron chi connectivity index (χ3n) is 4.69. The van der Waals surface area contributed by atoms with Crippen molar-refractivity contribution in [1.29, 1.82) is 0 Å². The zero-order chi connectivity index (χ0) is 18.6. The number of piperidine rings is 1. The molecule has 0 unspecified atom stereocenters. The summed E-state index contributed by atoms with van der Waals surface area (Å²) in [5.74, 6) is 0.775. The first-order valence-electron chi connectivity index (χ1n) is 8.90. The van der Waals surface area contributed by atoms with Gasteiger partial charge in [-0.25, -0.2) is 15.0 Å². The lowest BCUT2D eigenvalue weighted by atomic mass is 10.1. The Hall–Kier alpha value is -3.00. The van der Waals surface area contributed by atoms with Crippen LogP contribution in [0.1, 0.15) is 12.8 Å². The minimum Gasteiger partial charge on any atom is -0.489 e. The van der Waals surface area contributed by atoms with Gasteiger partial charge >= 0.3 is 0 Å². The summed E-state index contributed by atoms with van der Waals surface area (Å²) in [7, 11) is 1.54. The monoisotopic (exact) mass is 367 g/mol. The largest absolute Gasteiger partial charge is 0.489 e. The molecule has 4 rings (SSSR count). The van der Waals surface area contributed by atoms with E-state index in [2.05, 4.69) is 15.0 Å². The van der Waals surface area contributed by atoms with E-state index in [1.54, 1.807) is 18.6 Å². The van der Waals surface area contributed by atoms with Gasteiger partial charge in [0, 0.05) is 44.6 Å². The second-order valence-electron chi connectivity index (χ2n) is 6.50. The van der Waals surface area contributed by atoms with Gasteiger partial charge in [0.25, 0.3) is 0 Å². The summed E-state index contributed by atoms with van der Waals surface area (Å²) in [5, 5.41) is 0.990. The van der Waals surface area contributed by atoms with E-state index >= 15 is 0 Å². The van der Waals surface area contributed by atoms with Crippen LogP contribution in [0.25, 0.3) is 16.7 Å². The fourth-order valence-corrected chi connectivity index (χ4v) is 3.32. The zero-order valence-electron chi connectivity index (χ0n) is 15.1. The number of amides is 1. The predicted octanol–water partition coefficient (Wildman–Crippen LogP) is 1.83. The zero-order valence-corrected chi connectivity index (χ0v) is 15.1. The number of aromatic nitrogens is 4. The molecule has 0 aliphatic carbocycles. The van der Waals surface area contributed by atoms with Crippen molar-refractivity contribution in [3.05, 3.63) is 43.2 Å². The van der Waals surface area contributed by atoms with Crippen LogP contribution < -0.4 is 4.74 Å². The molecule has 1 aliphatic rings. The van der Waals surface area contributed by atoms with Gasteiger partial charge in [0.15, 0.2) is 0 Å². The van der Waals surface area contributed by atoms with E-state index in [1.807, 2.05) is 27.8 Å². The van der Waals surface area contributed by atoms with Crippen molar-refractivity contribution in [2.45, 2.75) is 18.9 Å². The molecule has 27 heavy (non-hydrogen) atoms. The van der Waals surface area contributed by atoms with Gasteiger partial charge in [0.05, 0.1) is 24.3 Å². The molecular formula is C19H21N5O3. The third-order valence-corrected chi connectivity index (χ3v) is 4.69. The molecule has 8 heteroatoms. The number of hydrogen-bond donors (Lipinski definition) is 0. The van der Waals surface area contributed by atoms with Crippen LogP contribution in [-0.4, -0.2) is 63.2 Å². The lowest BCUT2D eigenvalue weighted by Crippen LogP contribution is -2.43. The van der Waals surface area contributed by atoms with Gasteiger partial charge in [0.1, 0.15) is 30.4 Å². The molecule has 4 heterocycles. The van der Waals surface area contributed by atoms with Crippen molar-refractivity contribution < 1.29 is 14.3 Å². The van der Waals surface area contributed by atoms with Gasteiger partial charge < -0.3 is 14.4 Å². The van der Waals surface area contributed by atoms with Crippen LogP contribution >= 0.6 is 0 Å². The van der Waals surface area contributed by atoms with Crippen molar-refractivity contribution in [1.82, 2.24) is 24.4 Å². The first kappa shape index (κ1) is 17.4. The Bertz CT molecular complexity index is 919. The molecule has 0 spiro atoms. The van der Waals surface area contributed by atoms with Gasteiger partial charge in [-0.3, -0.25) is 9.36 Å². The summed E-state index contributed by atoms with van der Waals surface area (Å²) in [6, 6.07) is 3.99. The molecule has 0 radical (unpaired) electrons. The molecule has 8 nitrogen and oxygen atoms in total. The normalized spacial score (nSPS) is 15.2. The van der Waals surface area contributed by atoms with Crippen LogP contribution in [-0.2, 0) is 9.53 Å². The summed E-state index contributed by atoms with van der Waals surface area (Å²) < 4.78 is 13.0. The number of methoxy groups -OCH3 is 1. The standard InChI is InChI=1S/C19H21N5O3/c1-26-12-18(25)23-5-3-16(4-6-23)27-17-8-14-2-7-24(19(14)22-11-17)15-9-20-13-21-10-15/h2,7-11,13,16H,3-6,12H2,1H3. The number of hydrogen-bond acceptors (Lipinski definition) is 6. The lowest BCUT2D eigenvalue weighted by Gasteiger charge is -2.32. The predicted molar refractivity (Wildman–Crippen MR) is 98.8 cm³/mol. The van der Waals surface area contributed by atoms with E-state index in [-0.39, 0.29) is 18.6 Å². The van der Waals surface area contributed by atoms with Gasteiger partial charge in [-0.05, 0) is 12.1 Å². The van der Waals surface area contributed by atoms with Crippen LogP contribution in [0.4, 0.5) is 0 Å². The molecule has 3 aromatic heterocycles. The Labute approximate surface area is 156 Å². The number of likely N-dealkylation sites (tertiary alicyclic amines) is 1. The van der Waals surface area contributed by atoms with Crippen LogP contribution in [0.15, 0.2) is 43.2 Å². The molecule has 0 N–H and O–H groups in total. The van der Waals surface area contributed by atoms with E-state index in [4.69, 9.17) is 9.47 Å². The molecule has 0 bridgehead atoms. The molecule has 3 aromatic rings. The average Bonchev–Trinajstić information content (AvgIpc) is 3.13. The highest BCUT2D eigenvalue weighted by Crippen LogP contribution is 2.24. The SMILES string of the molecule is COCC(=O)N1CCC(Oc2cnc3c(ccn3-c3cncnc3)c2)CC1. The van der Waals surface area contributed by atoms with E-state index in [9.17, 15) is 4.79 Å². The van der Waals surface area contributed by atoms with E-state index < -0.39 is 0 Å². The highest BCUT2D eigenvalue weighted by atomic mass is 16.5. The molecule has 1 amide bonds. The third kappa shape index (κ3) is 3.75. The molecular weight excluding hydrogens is 346 g/mol. The molecule has 0 saturated carbocycles. The maximum Gasteiger partial charge on any atom is 0.248 e. The summed E-state index contributed by atoms with van der Waals surface area (Å²) in [6.45, 7) is 1.51. The molecule has 0 aromatic carbocycles. The topological polar surface area (TPSA) is 82.4 Å². The average molecular weight is 367 g/mol. The molecule has 140 valence electrons. The highest BCUT2D eigenvalue weighted by Gasteiger charge is 2.24. The number of rotatable bonds is 5. The second-order valence-corrected chi connectivity index (χ2v) is 6.50. The number of carbonyl (C=O) groups excluding carboxylic acids is 1. The number of fused-ring (bicyclic) bond motifs is 1. The van der Waals surface area contributed by atoms with Gasteiger partial charge in [-0.15, -0.1) is 0 Å². The summed E-state index contributed by atoms with van der Waals surface area (Å²) >= 11 is 0. The molecule has 1 saturated heterocycles. The first-order valence-corrected chi connectivity index (χ1v) is 8.90. The van der Waals surface area contributed by atoms with Crippen molar-refractivity contribution in [3.8, 4) is 11.4 Å². The quantitative estimate of drug-likeness (QED) is 0.684. The summed E-state index contributed by atoms with van der Waals surface area (Å²) in [5.41, 5.74) is 1.69. The molecule has 0 atom stereocenters. The van der Waals surface area contributed by atoms with Crippen LogP contribution in [0.2, 0.25) is 0 Å². The molecule has 1 aliphatic heterocycles. The number of pyridine rings is 1. The Morgan fingerprint density at radius 2 is 2.00 bits per heavy atom. The second kappa shape index (κ2) is 7.71. The number of ether oxygens (including phenoxy) is 2. The van der Waals surface area contributed by atoms with E-state index in [0.29, 0.717) is 13.1 Å². The lowest BCUT2D eigenvalue weighted by molar-refractivity contribution is -0.136. The minimum absolute atomic E-state index is 0.0327.